The van der Waals surface area contributed by atoms with E-state index in [1.807, 2.05) is 0 Å². The number of nitrogens with one attached hydrogen (secondary N) is 2. The summed E-state index contributed by atoms with van der Waals surface area (Å²) in [5.41, 5.74) is -0.230. The second-order valence-corrected chi connectivity index (χ2v) is 7.40. The highest BCUT2D eigenvalue weighted by molar-refractivity contribution is 8.14. The number of hydrogen-bond acceptors (Lipinski definition) is 7. The van der Waals surface area contributed by atoms with Crippen LogP contribution in [-0.2, 0) is 9.59 Å². The number of benzene rings is 1. The van der Waals surface area contributed by atoms with Gasteiger partial charge in [-0.1, -0.05) is 11.8 Å². The third kappa shape index (κ3) is 4.85. The minimum Gasteiger partial charge on any atom is -0.493 e. The number of hydrogen-bond donors (Lipinski definition) is 2. The summed E-state index contributed by atoms with van der Waals surface area (Å²) in [6.07, 6.45) is 1.99. The van der Waals surface area contributed by atoms with Gasteiger partial charge in [-0.15, -0.1) is 0 Å². The summed E-state index contributed by atoms with van der Waals surface area (Å²) in [4.78, 5) is 46.4. The molecule has 1 fully saturated rings. The molecule has 0 aliphatic carbocycles. The maximum absolute atomic E-state index is 12.5. The normalized spacial score (nSPS) is 17.6. The number of carbonyl (C=O) groups is 3. The number of amidine groups is 2. The summed E-state index contributed by atoms with van der Waals surface area (Å²) < 4.78 is 10.3. The van der Waals surface area contributed by atoms with Gasteiger partial charge in [0.1, 0.15) is 0 Å². The van der Waals surface area contributed by atoms with E-state index < -0.39 is 23.4 Å². The maximum atomic E-state index is 12.5. The van der Waals surface area contributed by atoms with Crippen LogP contribution in [0.25, 0.3) is 0 Å². The molecule has 2 aliphatic heterocycles. The van der Waals surface area contributed by atoms with Crippen LogP contribution in [0.3, 0.4) is 0 Å². The highest BCUT2D eigenvalue weighted by atomic mass is 32.2. The van der Waals surface area contributed by atoms with E-state index in [0.717, 1.165) is 37.7 Å². The quantitative estimate of drug-likeness (QED) is 0.717. The topological polar surface area (TPSA) is 134 Å². The fourth-order valence-corrected chi connectivity index (χ4v) is 3.71. The molecule has 0 radical (unpaired) electrons. The minimum absolute atomic E-state index is 0.0379. The summed E-state index contributed by atoms with van der Waals surface area (Å²) >= 11 is 1.04. The molecule has 0 bridgehead atoms. The number of thioether (sulfide) groups is 1. The van der Waals surface area contributed by atoms with Crippen molar-refractivity contribution in [2.24, 2.45) is 9.98 Å². The smallest absolute Gasteiger partial charge is 0.279 e. The number of aliphatic imine (C=N–C) groups is 2. The molecule has 0 spiro atoms. The Bertz CT molecular complexity index is 953. The third-order valence-corrected chi connectivity index (χ3v) is 5.37. The molecule has 0 aromatic heterocycles. The van der Waals surface area contributed by atoms with Crippen molar-refractivity contribution in [3.05, 3.63) is 23.8 Å². The van der Waals surface area contributed by atoms with Crippen LogP contribution in [0.4, 0.5) is 0 Å². The Labute approximate surface area is 177 Å². The average molecular weight is 431 g/mol. The lowest BCUT2D eigenvalue weighted by Crippen LogP contribution is -2.44. The molecule has 0 unspecified atom stereocenters. The van der Waals surface area contributed by atoms with E-state index in [-0.39, 0.29) is 22.4 Å². The molecular weight excluding hydrogens is 410 g/mol. The molecule has 10 nitrogen and oxygen atoms in total. The zero-order valence-corrected chi connectivity index (χ0v) is 17.4. The third-order valence-electron chi connectivity index (χ3n) is 4.51. The minimum atomic E-state index is -0.722. The zero-order valence-electron chi connectivity index (χ0n) is 16.6. The summed E-state index contributed by atoms with van der Waals surface area (Å²) in [6, 6.07) is 4.46. The van der Waals surface area contributed by atoms with Gasteiger partial charge in [-0.2, -0.15) is 4.99 Å². The van der Waals surface area contributed by atoms with E-state index in [1.165, 1.54) is 26.4 Å². The molecule has 1 saturated heterocycles. The van der Waals surface area contributed by atoms with Gasteiger partial charge in [-0.05, 0) is 31.0 Å². The van der Waals surface area contributed by atoms with Crippen molar-refractivity contribution in [3.8, 4) is 11.5 Å². The van der Waals surface area contributed by atoms with Crippen molar-refractivity contribution in [2.75, 3.05) is 33.1 Å². The zero-order chi connectivity index (χ0) is 21.7. The molecule has 158 valence electrons. The van der Waals surface area contributed by atoms with Crippen LogP contribution in [-0.4, -0.2) is 72.4 Å². The predicted octanol–water partition coefficient (Wildman–Crippen LogP) is 1.10. The molecule has 0 saturated carbocycles. The second kappa shape index (κ2) is 9.53. The predicted molar refractivity (Wildman–Crippen MR) is 113 cm³/mol. The van der Waals surface area contributed by atoms with E-state index in [1.54, 1.807) is 11.0 Å². The molecule has 11 heteroatoms. The largest absolute Gasteiger partial charge is 0.493 e. The molecule has 1 aromatic rings. The number of likely N-dealkylation sites (tertiary alicyclic amines) is 1. The highest BCUT2D eigenvalue weighted by Gasteiger charge is 2.27. The number of nitrogens with zero attached hydrogens (tertiary/aromatic N) is 3. The maximum Gasteiger partial charge on any atom is 0.279 e. The molecule has 3 amide bonds. The molecule has 2 N–H and O–H groups in total. The van der Waals surface area contributed by atoms with Gasteiger partial charge in [0.25, 0.3) is 11.8 Å². The van der Waals surface area contributed by atoms with Gasteiger partial charge < -0.3 is 14.4 Å². The fourth-order valence-electron chi connectivity index (χ4n) is 2.94. The van der Waals surface area contributed by atoms with Crippen LogP contribution in [0.1, 0.15) is 23.2 Å². The van der Waals surface area contributed by atoms with Crippen LogP contribution >= 0.6 is 11.8 Å². The number of methoxy groups -OCH3 is 2. The van der Waals surface area contributed by atoms with Crippen molar-refractivity contribution < 1.29 is 23.9 Å². The lowest BCUT2D eigenvalue weighted by molar-refractivity contribution is -0.127. The van der Waals surface area contributed by atoms with Crippen molar-refractivity contribution >= 4 is 46.2 Å². The Morgan fingerprint density at radius 2 is 1.93 bits per heavy atom. The van der Waals surface area contributed by atoms with E-state index in [2.05, 4.69) is 15.3 Å². The number of amides is 3. The number of rotatable bonds is 5. The monoisotopic (exact) mass is 431 g/mol. The highest BCUT2D eigenvalue weighted by Crippen LogP contribution is 2.27. The summed E-state index contributed by atoms with van der Waals surface area (Å²) in [7, 11) is 2.91. The average Bonchev–Trinajstić information content (AvgIpc) is 3.29. The standard InChI is InChI=1S/C19H21N5O5S/c1-28-12-6-5-11(9-13(12)29-2)17(26)21-15-16(20)22-19(23-18(15)27)30-10-14(25)24-7-3-4-8-24/h5-6,9H,3-4,7-8,10H2,1-2H3,(H2,20,22,23,27). The first-order chi connectivity index (χ1) is 14.4. The van der Waals surface area contributed by atoms with Gasteiger partial charge in [-0.3, -0.25) is 25.1 Å². The van der Waals surface area contributed by atoms with Crippen molar-refractivity contribution in [1.29, 1.82) is 5.41 Å². The first-order valence-corrected chi connectivity index (χ1v) is 10.2. The lowest BCUT2D eigenvalue weighted by Gasteiger charge is -2.17. The van der Waals surface area contributed by atoms with Gasteiger partial charge in [0, 0.05) is 18.7 Å². The Kier molecular flexibility index (Phi) is 6.83. The van der Waals surface area contributed by atoms with E-state index in [4.69, 9.17) is 14.9 Å². The Morgan fingerprint density at radius 3 is 2.57 bits per heavy atom. The Balaban J connectivity index is 1.69. The molecule has 1 aromatic carbocycles. The summed E-state index contributed by atoms with van der Waals surface area (Å²) in [5.74, 6) is -1.02. The number of ether oxygens (including phenoxy) is 2. The van der Waals surface area contributed by atoms with E-state index in [0.29, 0.717) is 11.5 Å². The Morgan fingerprint density at radius 1 is 1.23 bits per heavy atom. The Hall–Kier alpha value is -3.21. The first kappa shape index (κ1) is 21.5. The van der Waals surface area contributed by atoms with Crippen LogP contribution in [0.5, 0.6) is 11.5 Å². The van der Waals surface area contributed by atoms with Crippen molar-refractivity contribution in [1.82, 2.24) is 10.2 Å². The second-order valence-electron chi connectivity index (χ2n) is 6.43. The van der Waals surface area contributed by atoms with Gasteiger partial charge in [-0.25, -0.2) is 4.99 Å². The molecule has 2 heterocycles. The molecular formula is C19H21N5O5S. The lowest BCUT2D eigenvalue weighted by atomic mass is 10.2. The van der Waals surface area contributed by atoms with E-state index in [9.17, 15) is 14.4 Å². The molecule has 30 heavy (non-hydrogen) atoms. The molecule has 3 rings (SSSR count). The van der Waals surface area contributed by atoms with E-state index >= 15 is 0 Å². The first-order valence-electron chi connectivity index (χ1n) is 9.17. The van der Waals surface area contributed by atoms with Crippen LogP contribution in [0.15, 0.2) is 28.2 Å². The fraction of sp³-hybridized carbons (Fsp3) is 0.368. The molecule has 0 atom stereocenters. The summed E-state index contributed by atoms with van der Waals surface area (Å²) in [5, 5.41) is 10.6. The summed E-state index contributed by atoms with van der Waals surface area (Å²) in [6.45, 7) is 1.48. The van der Waals surface area contributed by atoms with Crippen molar-refractivity contribution in [2.45, 2.75) is 12.8 Å². The van der Waals surface area contributed by atoms with Gasteiger partial charge in [0.15, 0.2) is 28.2 Å². The van der Waals surface area contributed by atoms with Crippen LogP contribution in [0, 0.1) is 5.41 Å². The van der Waals surface area contributed by atoms with Crippen molar-refractivity contribution in [3.63, 3.8) is 0 Å². The van der Waals surface area contributed by atoms with Gasteiger partial charge >= 0.3 is 0 Å². The van der Waals surface area contributed by atoms with Crippen LogP contribution < -0.4 is 14.8 Å². The number of carbonyl (C=O) groups excluding carboxylic acids is 3. The molecule has 2 aliphatic rings. The van der Waals surface area contributed by atoms with Crippen LogP contribution in [0.2, 0.25) is 0 Å². The van der Waals surface area contributed by atoms with Gasteiger partial charge in [0.05, 0.1) is 20.0 Å². The van der Waals surface area contributed by atoms with Gasteiger partial charge in [0.2, 0.25) is 5.91 Å². The SMILES string of the molecule is COc1ccc(C(=O)N=C2C(=N)N=C(SCC(=O)N3CCCC3)NC2=O)cc1OC.